The summed E-state index contributed by atoms with van der Waals surface area (Å²) in [6.07, 6.45) is 5.12. The van der Waals surface area contributed by atoms with E-state index in [4.69, 9.17) is 9.15 Å². The number of aryl methyl sites for hydroxylation is 1. The Balaban J connectivity index is 1.35. The van der Waals surface area contributed by atoms with Crippen LogP contribution in [0.4, 0.5) is 0 Å². The van der Waals surface area contributed by atoms with Crippen molar-refractivity contribution in [2.24, 2.45) is 0 Å². The fourth-order valence-corrected chi connectivity index (χ4v) is 3.50. The van der Waals surface area contributed by atoms with Gasteiger partial charge in [-0.25, -0.2) is 9.78 Å². The van der Waals surface area contributed by atoms with E-state index in [0.717, 1.165) is 36.6 Å². The molecule has 0 unspecified atom stereocenters. The monoisotopic (exact) mass is 378 g/mol. The Morgan fingerprint density at radius 3 is 2.68 bits per heavy atom. The number of rotatable bonds is 4. The molecule has 6 heteroatoms. The van der Waals surface area contributed by atoms with Crippen molar-refractivity contribution in [1.82, 2.24) is 10.3 Å². The zero-order valence-electron chi connectivity index (χ0n) is 15.7. The number of ether oxygens (including phenoxy) is 1. The Morgan fingerprint density at radius 1 is 1.14 bits per heavy atom. The molecular formula is C22H22N2O4. The van der Waals surface area contributed by atoms with Gasteiger partial charge in [0.25, 0.3) is 5.91 Å². The molecule has 0 aliphatic heterocycles. The van der Waals surface area contributed by atoms with E-state index in [1.54, 1.807) is 24.4 Å². The highest BCUT2D eigenvalue weighted by atomic mass is 16.5. The average Bonchev–Trinajstić information content (AvgIpc) is 2.70. The SMILES string of the molecule is Cc1ccc(OC2CCC(NC(=O)c3cc4ccccc4oc3=O)CC2)nc1. The van der Waals surface area contributed by atoms with Crippen molar-refractivity contribution in [1.29, 1.82) is 0 Å². The Morgan fingerprint density at radius 2 is 1.93 bits per heavy atom. The van der Waals surface area contributed by atoms with E-state index >= 15 is 0 Å². The van der Waals surface area contributed by atoms with Gasteiger partial charge in [0.05, 0.1) is 0 Å². The van der Waals surface area contributed by atoms with Crippen LogP contribution in [0.2, 0.25) is 0 Å². The van der Waals surface area contributed by atoms with E-state index < -0.39 is 5.63 Å². The third-order valence-electron chi connectivity index (χ3n) is 5.07. The summed E-state index contributed by atoms with van der Waals surface area (Å²) in [4.78, 5) is 29.0. The molecule has 1 N–H and O–H groups in total. The van der Waals surface area contributed by atoms with E-state index in [2.05, 4.69) is 10.3 Å². The second-order valence-electron chi connectivity index (χ2n) is 7.22. The first-order chi connectivity index (χ1) is 13.6. The Kier molecular flexibility index (Phi) is 5.10. The number of amides is 1. The molecule has 4 rings (SSSR count). The van der Waals surface area contributed by atoms with Gasteiger partial charge in [0.2, 0.25) is 5.88 Å². The number of hydrogen-bond donors (Lipinski definition) is 1. The molecule has 28 heavy (non-hydrogen) atoms. The standard InChI is InChI=1S/C22H22N2O4/c1-14-6-11-20(23-13-14)27-17-9-7-16(8-10-17)24-21(25)18-12-15-4-2-3-5-19(15)28-22(18)26/h2-6,11-13,16-17H,7-10H2,1H3,(H,24,25). The first-order valence-corrected chi connectivity index (χ1v) is 9.51. The van der Waals surface area contributed by atoms with Gasteiger partial charge in [-0.3, -0.25) is 4.79 Å². The van der Waals surface area contributed by atoms with Crippen molar-refractivity contribution in [3.05, 3.63) is 70.2 Å². The number of hydrogen-bond acceptors (Lipinski definition) is 5. The highest BCUT2D eigenvalue weighted by Crippen LogP contribution is 2.23. The number of nitrogens with one attached hydrogen (secondary N) is 1. The molecule has 1 amide bonds. The summed E-state index contributed by atoms with van der Waals surface area (Å²) in [5.41, 5.74) is 1.00. The Labute approximate surface area is 162 Å². The molecule has 0 radical (unpaired) electrons. The van der Waals surface area contributed by atoms with Crippen LogP contribution < -0.4 is 15.7 Å². The summed E-state index contributed by atoms with van der Waals surface area (Å²) in [5.74, 6) is 0.246. The minimum absolute atomic E-state index is 0.0178. The van der Waals surface area contributed by atoms with Gasteiger partial charge >= 0.3 is 5.63 Å². The number of benzene rings is 1. The molecule has 2 heterocycles. The van der Waals surface area contributed by atoms with Crippen molar-refractivity contribution in [2.45, 2.75) is 44.8 Å². The minimum Gasteiger partial charge on any atom is -0.474 e. The fourth-order valence-electron chi connectivity index (χ4n) is 3.50. The zero-order valence-corrected chi connectivity index (χ0v) is 15.7. The molecule has 0 bridgehead atoms. The Hall–Kier alpha value is -3.15. The average molecular weight is 378 g/mol. The molecule has 0 spiro atoms. The van der Waals surface area contributed by atoms with Gasteiger partial charge in [0.15, 0.2) is 0 Å². The van der Waals surface area contributed by atoms with Crippen LogP contribution in [0.25, 0.3) is 11.0 Å². The number of aromatic nitrogens is 1. The van der Waals surface area contributed by atoms with Crippen molar-refractivity contribution in [3.8, 4) is 5.88 Å². The van der Waals surface area contributed by atoms with Crippen LogP contribution in [0.3, 0.4) is 0 Å². The van der Waals surface area contributed by atoms with Crippen LogP contribution in [0.15, 0.2) is 57.9 Å². The third kappa shape index (κ3) is 4.06. The molecule has 1 saturated carbocycles. The molecular weight excluding hydrogens is 356 g/mol. The second kappa shape index (κ2) is 7.84. The van der Waals surface area contributed by atoms with Gasteiger partial charge in [0, 0.05) is 23.7 Å². The predicted molar refractivity (Wildman–Crippen MR) is 106 cm³/mol. The molecule has 0 atom stereocenters. The van der Waals surface area contributed by atoms with Gasteiger partial charge in [-0.15, -0.1) is 0 Å². The van der Waals surface area contributed by atoms with Crippen LogP contribution in [-0.4, -0.2) is 23.0 Å². The van der Waals surface area contributed by atoms with Crippen molar-refractivity contribution < 1.29 is 13.9 Å². The van der Waals surface area contributed by atoms with E-state index in [-0.39, 0.29) is 23.6 Å². The maximum atomic E-state index is 12.6. The van der Waals surface area contributed by atoms with Crippen LogP contribution in [0, 0.1) is 6.92 Å². The minimum atomic E-state index is -0.612. The van der Waals surface area contributed by atoms with Gasteiger partial charge in [-0.05, 0) is 50.3 Å². The van der Waals surface area contributed by atoms with Crippen LogP contribution in [-0.2, 0) is 0 Å². The molecule has 3 aromatic rings. The number of pyridine rings is 1. The van der Waals surface area contributed by atoms with E-state index in [1.807, 2.05) is 31.2 Å². The van der Waals surface area contributed by atoms with Crippen molar-refractivity contribution in [3.63, 3.8) is 0 Å². The first-order valence-electron chi connectivity index (χ1n) is 9.51. The fraction of sp³-hybridized carbons (Fsp3) is 0.318. The molecule has 144 valence electrons. The highest BCUT2D eigenvalue weighted by Gasteiger charge is 2.25. The third-order valence-corrected chi connectivity index (χ3v) is 5.07. The Bertz CT molecular complexity index is 1030. The molecule has 1 aliphatic carbocycles. The lowest BCUT2D eigenvalue weighted by Gasteiger charge is -2.29. The summed E-state index contributed by atoms with van der Waals surface area (Å²) in [7, 11) is 0. The first kappa shape index (κ1) is 18.2. The summed E-state index contributed by atoms with van der Waals surface area (Å²) in [5, 5.41) is 3.69. The van der Waals surface area contributed by atoms with Gasteiger partial charge in [-0.2, -0.15) is 0 Å². The van der Waals surface area contributed by atoms with Crippen molar-refractivity contribution in [2.75, 3.05) is 0 Å². The normalized spacial score (nSPS) is 19.3. The maximum absolute atomic E-state index is 12.6. The van der Waals surface area contributed by atoms with E-state index in [1.165, 1.54) is 0 Å². The lowest BCUT2D eigenvalue weighted by Crippen LogP contribution is -2.41. The highest BCUT2D eigenvalue weighted by molar-refractivity contribution is 5.96. The van der Waals surface area contributed by atoms with Crippen LogP contribution >= 0.6 is 0 Å². The summed E-state index contributed by atoms with van der Waals surface area (Å²) < 4.78 is 11.2. The second-order valence-corrected chi connectivity index (χ2v) is 7.22. The summed E-state index contributed by atoms with van der Waals surface area (Å²) >= 11 is 0. The topological polar surface area (TPSA) is 81.4 Å². The van der Waals surface area contributed by atoms with Gasteiger partial charge in [0.1, 0.15) is 17.3 Å². The predicted octanol–water partition coefficient (Wildman–Crippen LogP) is 3.62. The van der Waals surface area contributed by atoms with E-state index in [9.17, 15) is 9.59 Å². The van der Waals surface area contributed by atoms with Crippen LogP contribution in [0.5, 0.6) is 5.88 Å². The number of carbonyl (C=O) groups excluding carboxylic acids is 1. The molecule has 1 fully saturated rings. The molecule has 6 nitrogen and oxygen atoms in total. The van der Waals surface area contributed by atoms with Gasteiger partial charge < -0.3 is 14.5 Å². The molecule has 0 saturated heterocycles. The summed E-state index contributed by atoms with van der Waals surface area (Å²) in [6, 6.07) is 12.6. The quantitative estimate of drug-likeness (QED) is 0.701. The smallest absolute Gasteiger partial charge is 0.349 e. The maximum Gasteiger partial charge on any atom is 0.349 e. The van der Waals surface area contributed by atoms with Crippen LogP contribution in [0.1, 0.15) is 41.6 Å². The molecule has 2 aromatic heterocycles. The number of para-hydroxylation sites is 1. The molecule has 1 aliphatic rings. The van der Waals surface area contributed by atoms with E-state index in [0.29, 0.717) is 11.5 Å². The zero-order chi connectivity index (χ0) is 19.5. The van der Waals surface area contributed by atoms with Crippen molar-refractivity contribution >= 4 is 16.9 Å². The number of fused-ring (bicyclic) bond motifs is 1. The lowest BCUT2D eigenvalue weighted by molar-refractivity contribution is 0.0887. The van der Waals surface area contributed by atoms with Gasteiger partial charge in [-0.1, -0.05) is 24.3 Å². The molecule has 1 aromatic carbocycles. The largest absolute Gasteiger partial charge is 0.474 e. The summed E-state index contributed by atoms with van der Waals surface area (Å²) in [6.45, 7) is 1.99. The number of carbonyl (C=O) groups is 1. The lowest BCUT2D eigenvalue weighted by atomic mass is 9.92. The number of nitrogens with zero attached hydrogens (tertiary/aromatic N) is 1.